The van der Waals surface area contributed by atoms with Gasteiger partial charge in [-0.15, -0.1) is 10.2 Å². The van der Waals surface area contributed by atoms with Crippen LogP contribution in [0.3, 0.4) is 0 Å². The molecule has 0 fully saturated rings. The molecule has 9 nitrogen and oxygen atoms in total. The maximum Gasteiger partial charge on any atom is 1.00 e. The largest absolute Gasteiger partial charge is 1.00 e. The number of ether oxygens (including phenoxy) is 1. The van der Waals surface area contributed by atoms with Crippen LogP contribution in [0.15, 0.2) is 58.4 Å². The van der Waals surface area contributed by atoms with Crippen molar-refractivity contribution in [2.45, 2.75) is 0 Å². The maximum absolute atomic E-state index is 12.3. The van der Waals surface area contributed by atoms with Crippen LogP contribution in [0.4, 0.5) is 11.4 Å². The van der Waals surface area contributed by atoms with E-state index in [1.807, 2.05) is 0 Å². The Morgan fingerprint density at radius 3 is 2.44 bits per heavy atom. The summed E-state index contributed by atoms with van der Waals surface area (Å²) in [5.74, 6) is 1.54. The zero-order valence-corrected chi connectivity index (χ0v) is 14.4. The normalized spacial score (nSPS) is 9.63. The summed E-state index contributed by atoms with van der Waals surface area (Å²) in [6.45, 7) is 0. The van der Waals surface area contributed by atoms with Gasteiger partial charge in [-0.05, 0) is 30.3 Å². The van der Waals surface area contributed by atoms with Crippen LogP contribution in [-0.2, 0) is 0 Å². The summed E-state index contributed by atoms with van der Waals surface area (Å²) in [7, 11) is 1.48. The molecule has 0 aliphatic carbocycles. The second kappa shape index (κ2) is 9.81. The molecule has 0 aliphatic heterocycles. The summed E-state index contributed by atoms with van der Waals surface area (Å²) >= 11 is 0. The summed E-state index contributed by atoms with van der Waals surface area (Å²) in [6.07, 6.45) is 0. The van der Waals surface area contributed by atoms with Gasteiger partial charge in [-0.3, -0.25) is 14.9 Å². The number of nitrogens with zero attached hydrogens (tertiary/aromatic N) is 5. The smallest absolute Gasteiger partial charge is 0.761 e. The molecular weight excluding hydrogens is 345 g/mol. The van der Waals surface area contributed by atoms with E-state index in [-0.39, 0.29) is 41.4 Å². The van der Waals surface area contributed by atoms with Gasteiger partial charge in [0, 0.05) is 17.7 Å². The molecule has 10 heteroatoms. The Morgan fingerprint density at radius 1 is 1.26 bits per heavy atom. The third-order valence-electron chi connectivity index (χ3n) is 3.24. The standard InChI is InChI=1S/C17H10N5O4.Li/c1-26-14-5-2-11(3-6-14)17(23)16(10-19)21-20-15-7-4-13(22(24)25)8-12(15)9-18;/h2-8H,1H3;/q-1;+1. The molecule has 0 heterocycles. The van der Waals surface area contributed by atoms with Crippen molar-refractivity contribution in [1.29, 1.82) is 5.26 Å². The molecule has 0 aromatic heterocycles. The van der Waals surface area contributed by atoms with E-state index in [4.69, 9.17) is 15.4 Å². The summed E-state index contributed by atoms with van der Waals surface area (Å²) in [6, 6.07) is 11.2. The quantitative estimate of drug-likeness (QED) is 0.142. The summed E-state index contributed by atoms with van der Waals surface area (Å²) in [5, 5.41) is 36.2. The molecule has 27 heavy (non-hydrogen) atoms. The molecule has 0 spiro atoms. The van der Waals surface area contributed by atoms with Crippen molar-refractivity contribution >= 4 is 23.0 Å². The Morgan fingerprint density at radius 2 is 1.93 bits per heavy atom. The number of Topliss-reactive ketones (excluding diaryl/α,β-unsaturated/α-hetero) is 1. The first-order chi connectivity index (χ1) is 12.5. The minimum atomic E-state index is -0.653. The minimum Gasteiger partial charge on any atom is -0.761 e. The van der Waals surface area contributed by atoms with Crippen LogP contribution < -0.4 is 23.6 Å². The molecule has 0 saturated heterocycles. The van der Waals surface area contributed by atoms with E-state index in [9.17, 15) is 14.9 Å². The zero-order chi connectivity index (χ0) is 19.1. The maximum atomic E-state index is 12.3. The van der Waals surface area contributed by atoms with Crippen LogP contribution >= 0.6 is 0 Å². The fourth-order valence-corrected chi connectivity index (χ4v) is 1.92. The number of non-ortho nitro benzene ring substituents is 1. The Balaban J connectivity index is 0.00000364. The summed E-state index contributed by atoms with van der Waals surface area (Å²) in [5.41, 5.74) is -0.646. The Labute approximate surface area is 165 Å². The molecule has 0 N–H and O–H groups in total. The van der Waals surface area contributed by atoms with Crippen LogP contribution in [-0.4, -0.2) is 23.7 Å². The third-order valence-corrected chi connectivity index (χ3v) is 3.24. The van der Waals surface area contributed by atoms with Crippen molar-refractivity contribution in [3.8, 4) is 11.8 Å². The average molecular weight is 355 g/mol. The number of hydrogen-bond donors (Lipinski definition) is 0. The number of nitro groups is 1. The van der Waals surface area contributed by atoms with Crippen molar-refractivity contribution in [2.75, 3.05) is 7.11 Å². The molecule has 0 saturated carbocycles. The molecule has 0 unspecified atom stereocenters. The van der Waals surface area contributed by atoms with E-state index < -0.39 is 16.4 Å². The van der Waals surface area contributed by atoms with Crippen molar-refractivity contribution < 1.29 is 33.3 Å². The molecule has 0 aliphatic rings. The molecule has 2 aromatic carbocycles. The number of nitriles is 1. The molecular formula is C17H10LiN5O4. The number of methoxy groups -OCH3 is 1. The zero-order valence-electron chi connectivity index (χ0n) is 14.4. The van der Waals surface area contributed by atoms with Gasteiger partial charge in [0.2, 0.25) is 5.78 Å². The first kappa shape index (κ1) is 21.5. The monoisotopic (exact) mass is 355 g/mol. The molecule has 2 aromatic rings. The predicted octanol–water partition coefficient (Wildman–Crippen LogP) is 0.569. The van der Waals surface area contributed by atoms with E-state index in [1.54, 1.807) is 24.1 Å². The number of benzene rings is 2. The molecule has 0 atom stereocenters. The van der Waals surface area contributed by atoms with E-state index >= 15 is 0 Å². The summed E-state index contributed by atoms with van der Waals surface area (Å²) in [4.78, 5) is 22.4. The second-order valence-corrected chi connectivity index (χ2v) is 4.79. The molecule has 2 rings (SSSR count). The fraction of sp³-hybridized carbons (Fsp3) is 0.0588. The van der Waals surface area contributed by atoms with Gasteiger partial charge in [0.25, 0.3) is 5.69 Å². The molecule has 0 amide bonds. The predicted molar refractivity (Wildman–Crippen MR) is 91.5 cm³/mol. The van der Waals surface area contributed by atoms with E-state index in [2.05, 4.69) is 10.2 Å². The Hall–Kier alpha value is -3.55. The van der Waals surface area contributed by atoms with Crippen molar-refractivity contribution in [2.24, 2.45) is 10.2 Å². The first-order valence-electron chi connectivity index (χ1n) is 7.06. The fourth-order valence-electron chi connectivity index (χ4n) is 1.92. The van der Waals surface area contributed by atoms with E-state index in [0.29, 0.717) is 5.75 Å². The number of allylic oxidation sites excluding steroid dienone is 1. The number of carbonyl (C=O) groups excluding carboxylic acids is 1. The van der Waals surface area contributed by atoms with Crippen LogP contribution in [0.25, 0.3) is 5.41 Å². The second-order valence-electron chi connectivity index (χ2n) is 4.79. The SMILES string of the molecule is COc1ccc(C(=O)C(=C=[N-])N=Nc2ccc([N+](=O)[O-])cc2C#N)cc1.[Li+]. The van der Waals surface area contributed by atoms with Crippen LogP contribution in [0, 0.1) is 21.4 Å². The summed E-state index contributed by atoms with van der Waals surface area (Å²) < 4.78 is 4.99. The van der Waals surface area contributed by atoms with Crippen molar-refractivity contribution in [1.82, 2.24) is 0 Å². The molecule has 0 radical (unpaired) electrons. The first-order valence-corrected chi connectivity index (χ1v) is 7.06. The van der Waals surface area contributed by atoms with Crippen molar-refractivity contribution in [3.05, 3.63) is 74.8 Å². The number of hydrogen-bond acceptors (Lipinski definition) is 7. The van der Waals surface area contributed by atoms with Gasteiger partial charge < -0.3 is 10.1 Å². The number of rotatable bonds is 6. The Bertz CT molecular complexity index is 989. The molecule has 0 bridgehead atoms. The number of ketones is 1. The number of carbonyl (C=O) groups is 1. The van der Waals surface area contributed by atoms with Crippen LogP contribution in [0.2, 0.25) is 0 Å². The van der Waals surface area contributed by atoms with Gasteiger partial charge in [-0.25, -0.2) is 5.87 Å². The van der Waals surface area contributed by atoms with Crippen LogP contribution in [0.1, 0.15) is 15.9 Å². The van der Waals surface area contributed by atoms with Crippen molar-refractivity contribution in [3.63, 3.8) is 0 Å². The number of azo groups is 1. The third kappa shape index (κ3) is 5.21. The topological polar surface area (TPSA) is 140 Å². The van der Waals surface area contributed by atoms with Gasteiger partial charge in [0.1, 0.15) is 17.5 Å². The van der Waals surface area contributed by atoms with Gasteiger partial charge in [0.15, 0.2) is 5.70 Å². The van der Waals surface area contributed by atoms with Gasteiger partial charge in [-0.1, -0.05) is 0 Å². The van der Waals surface area contributed by atoms with Crippen LogP contribution in [0.5, 0.6) is 5.75 Å². The number of nitro benzene ring substituents is 1. The Kier molecular flexibility index (Phi) is 7.81. The molecule has 128 valence electrons. The van der Waals surface area contributed by atoms with Gasteiger partial charge in [0.05, 0.1) is 17.6 Å². The van der Waals surface area contributed by atoms with Gasteiger partial charge >= 0.3 is 18.9 Å². The minimum absolute atomic E-state index is 0. The van der Waals surface area contributed by atoms with Gasteiger partial charge in [-0.2, -0.15) is 5.26 Å². The van der Waals surface area contributed by atoms with E-state index in [1.165, 1.54) is 25.3 Å². The average Bonchev–Trinajstić information content (AvgIpc) is 2.68. The van der Waals surface area contributed by atoms with E-state index in [0.717, 1.165) is 12.1 Å².